The van der Waals surface area contributed by atoms with Gasteiger partial charge >= 0.3 is 0 Å². The lowest BCUT2D eigenvalue weighted by molar-refractivity contribution is -0.931. The largest absolute Gasteiger partial charge is 0.322 e. The molecule has 2 N–H and O–H groups in total. The van der Waals surface area contributed by atoms with Crippen LogP contribution in [0.1, 0.15) is 79.5 Å². The Kier molecular flexibility index (Phi) is 5.15. The fourth-order valence-electron chi connectivity index (χ4n) is 5.34. The standard InChI is InChI=1S/C23H30N6O/c1-15-12-17-14-19(23(30)24-20(17)13-16(15)2)21(28-10-6-3-7-11-28)22-25-26-27-29(22)18-8-4-5-9-18/h12-14,18,21H,3-11H2,1-2H3,(H,24,30)/p+1/t21-/m0/s1. The first kappa shape index (κ1) is 19.4. The van der Waals surface area contributed by atoms with Gasteiger partial charge in [-0.3, -0.25) is 4.79 Å². The molecule has 1 aliphatic heterocycles. The number of hydrogen-bond acceptors (Lipinski definition) is 4. The van der Waals surface area contributed by atoms with Crippen molar-refractivity contribution in [2.45, 2.75) is 70.9 Å². The number of fused-ring (bicyclic) bond motifs is 1. The number of hydrogen-bond donors (Lipinski definition) is 2. The van der Waals surface area contributed by atoms with Crippen LogP contribution in [0.5, 0.6) is 0 Å². The molecule has 0 radical (unpaired) electrons. The van der Waals surface area contributed by atoms with Gasteiger partial charge in [0.05, 0.1) is 24.7 Å². The number of aromatic amines is 1. The van der Waals surface area contributed by atoms with Crippen molar-refractivity contribution in [2.24, 2.45) is 0 Å². The molecular weight excluding hydrogens is 376 g/mol. The molecule has 1 atom stereocenters. The zero-order chi connectivity index (χ0) is 20.7. The summed E-state index contributed by atoms with van der Waals surface area (Å²) in [4.78, 5) is 17.9. The summed E-state index contributed by atoms with van der Waals surface area (Å²) in [6.45, 7) is 6.30. The lowest BCUT2D eigenvalue weighted by atomic mass is 9.98. The molecule has 3 aromatic rings. The molecule has 7 heteroatoms. The molecule has 5 rings (SSSR count). The van der Waals surface area contributed by atoms with Crippen LogP contribution < -0.4 is 10.5 Å². The summed E-state index contributed by atoms with van der Waals surface area (Å²) in [6.07, 6.45) is 8.30. The first-order valence-electron chi connectivity index (χ1n) is 11.4. The molecule has 30 heavy (non-hydrogen) atoms. The topological polar surface area (TPSA) is 80.9 Å². The highest BCUT2D eigenvalue weighted by molar-refractivity contribution is 5.80. The third kappa shape index (κ3) is 3.45. The van der Waals surface area contributed by atoms with E-state index in [0.29, 0.717) is 6.04 Å². The molecule has 0 amide bonds. The first-order chi connectivity index (χ1) is 14.6. The van der Waals surface area contributed by atoms with Crippen LogP contribution in [0.15, 0.2) is 23.0 Å². The third-order valence-corrected chi connectivity index (χ3v) is 7.15. The van der Waals surface area contributed by atoms with Crippen molar-refractivity contribution in [3.63, 3.8) is 0 Å². The molecule has 2 fully saturated rings. The molecule has 2 aliphatic rings. The average Bonchev–Trinajstić information content (AvgIpc) is 3.43. The van der Waals surface area contributed by atoms with Gasteiger partial charge in [-0.1, -0.05) is 12.8 Å². The van der Waals surface area contributed by atoms with E-state index in [1.807, 2.05) is 4.68 Å². The molecule has 0 spiro atoms. The van der Waals surface area contributed by atoms with Crippen molar-refractivity contribution in [2.75, 3.05) is 13.1 Å². The van der Waals surface area contributed by atoms with E-state index >= 15 is 0 Å². The summed E-state index contributed by atoms with van der Waals surface area (Å²) in [5, 5.41) is 14.0. The Labute approximate surface area is 176 Å². The van der Waals surface area contributed by atoms with Gasteiger partial charge in [0.2, 0.25) is 5.82 Å². The van der Waals surface area contributed by atoms with Crippen molar-refractivity contribution in [1.29, 1.82) is 0 Å². The fourth-order valence-corrected chi connectivity index (χ4v) is 5.34. The number of pyridine rings is 1. The summed E-state index contributed by atoms with van der Waals surface area (Å²) in [6, 6.07) is 6.55. The first-order valence-corrected chi connectivity index (χ1v) is 11.4. The van der Waals surface area contributed by atoms with E-state index in [1.54, 1.807) is 0 Å². The Morgan fingerprint density at radius 1 is 1.03 bits per heavy atom. The normalized spacial score (nSPS) is 19.5. The van der Waals surface area contributed by atoms with Crippen LogP contribution in [-0.4, -0.2) is 38.3 Å². The number of aromatic nitrogens is 5. The number of piperidine rings is 1. The second kappa shape index (κ2) is 7.95. The van der Waals surface area contributed by atoms with E-state index in [0.717, 1.165) is 48.2 Å². The summed E-state index contributed by atoms with van der Waals surface area (Å²) >= 11 is 0. The smallest absolute Gasteiger partial charge is 0.258 e. The van der Waals surface area contributed by atoms with E-state index in [4.69, 9.17) is 0 Å². The predicted octanol–water partition coefficient (Wildman–Crippen LogP) is 2.40. The van der Waals surface area contributed by atoms with Crippen LogP contribution in [0, 0.1) is 13.8 Å². The van der Waals surface area contributed by atoms with Crippen LogP contribution in [0.4, 0.5) is 0 Å². The molecule has 7 nitrogen and oxygen atoms in total. The van der Waals surface area contributed by atoms with Gasteiger partial charge in [-0.25, -0.2) is 4.68 Å². The second-order valence-corrected chi connectivity index (χ2v) is 9.15. The van der Waals surface area contributed by atoms with E-state index in [1.165, 1.54) is 48.1 Å². The zero-order valence-electron chi connectivity index (χ0n) is 17.9. The van der Waals surface area contributed by atoms with Gasteiger partial charge in [0.25, 0.3) is 5.56 Å². The highest BCUT2D eigenvalue weighted by Crippen LogP contribution is 2.31. The summed E-state index contributed by atoms with van der Waals surface area (Å²) < 4.78 is 2.03. The van der Waals surface area contributed by atoms with Crippen LogP contribution >= 0.6 is 0 Å². The average molecular weight is 408 g/mol. The fraction of sp³-hybridized carbons (Fsp3) is 0.565. The summed E-state index contributed by atoms with van der Waals surface area (Å²) in [7, 11) is 0. The number of aryl methyl sites for hydroxylation is 2. The molecule has 3 heterocycles. The minimum atomic E-state index is -0.129. The van der Waals surface area contributed by atoms with E-state index in [-0.39, 0.29) is 11.6 Å². The maximum Gasteiger partial charge on any atom is 0.258 e. The van der Waals surface area contributed by atoms with Crippen LogP contribution in [0.3, 0.4) is 0 Å². The molecule has 1 saturated carbocycles. The minimum Gasteiger partial charge on any atom is -0.322 e. The zero-order valence-corrected chi connectivity index (χ0v) is 17.9. The van der Waals surface area contributed by atoms with E-state index < -0.39 is 0 Å². The summed E-state index contributed by atoms with van der Waals surface area (Å²) in [5.74, 6) is 0.854. The Hall–Kier alpha value is -2.54. The summed E-state index contributed by atoms with van der Waals surface area (Å²) in [5.41, 5.74) is 4.09. The maximum absolute atomic E-state index is 13.3. The van der Waals surface area contributed by atoms with Gasteiger partial charge in [0.15, 0.2) is 6.04 Å². The Bertz CT molecular complexity index is 1100. The van der Waals surface area contributed by atoms with Crippen molar-refractivity contribution >= 4 is 10.9 Å². The molecule has 1 aromatic carbocycles. The number of benzene rings is 1. The monoisotopic (exact) mass is 407 g/mol. The number of quaternary nitrogens is 1. The Morgan fingerprint density at radius 3 is 2.53 bits per heavy atom. The van der Waals surface area contributed by atoms with Gasteiger partial charge in [-0.2, -0.15) is 0 Å². The van der Waals surface area contributed by atoms with E-state index in [2.05, 4.69) is 52.6 Å². The molecule has 1 aliphatic carbocycles. The van der Waals surface area contributed by atoms with Gasteiger partial charge in [-0.15, -0.1) is 5.10 Å². The van der Waals surface area contributed by atoms with Crippen molar-refractivity contribution < 1.29 is 4.90 Å². The lowest BCUT2D eigenvalue weighted by Crippen LogP contribution is -3.13. The highest BCUT2D eigenvalue weighted by Gasteiger charge is 2.36. The number of H-pyrrole nitrogens is 1. The van der Waals surface area contributed by atoms with Crippen LogP contribution in [-0.2, 0) is 0 Å². The number of rotatable bonds is 4. The van der Waals surface area contributed by atoms with Crippen LogP contribution in [0.25, 0.3) is 10.9 Å². The van der Waals surface area contributed by atoms with Crippen molar-refractivity contribution in [3.8, 4) is 0 Å². The number of likely N-dealkylation sites (tertiary alicyclic amines) is 1. The minimum absolute atomic E-state index is 0.0187. The van der Waals surface area contributed by atoms with Gasteiger partial charge < -0.3 is 9.88 Å². The number of nitrogens with one attached hydrogen (secondary N) is 2. The highest BCUT2D eigenvalue weighted by atomic mass is 16.1. The van der Waals surface area contributed by atoms with Gasteiger partial charge in [0.1, 0.15) is 0 Å². The predicted molar refractivity (Wildman–Crippen MR) is 116 cm³/mol. The van der Waals surface area contributed by atoms with Gasteiger partial charge in [-0.05, 0) is 91.1 Å². The molecule has 0 unspecified atom stereocenters. The molecule has 1 saturated heterocycles. The number of tetrazole rings is 1. The quantitative estimate of drug-likeness (QED) is 0.696. The third-order valence-electron chi connectivity index (χ3n) is 7.15. The van der Waals surface area contributed by atoms with E-state index in [9.17, 15) is 4.79 Å². The van der Waals surface area contributed by atoms with Crippen LogP contribution in [0.2, 0.25) is 0 Å². The van der Waals surface area contributed by atoms with Gasteiger partial charge in [0, 0.05) is 5.52 Å². The lowest BCUT2D eigenvalue weighted by Gasteiger charge is -2.31. The van der Waals surface area contributed by atoms with Crippen molar-refractivity contribution in [3.05, 3.63) is 51.1 Å². The Morgan fingerprint density at radius 2 is 1.77 bits per heavy atom. The molecule has 2 aromatic heterocycles. The maximum atomic E-state index is 13.3. The molecule has 158 valence electrons. The SMILES string of the molecule is Cc1cc2cc([C@@H](c3nnnn3C3CCCC3)[NH+]3CCCCC3)c(=O)[nH]c2cc1C. The molecular formula is C23H31N6O+. The molecule has 0 bridgehead atoms. The Balaban J connectivity index is 1.66. The second-order valence-electron chi connectivity index (χ2n) is 9.15. The number of nitrogens with zero attached hydrogens (tertiary/aromatic N) is 4. The van der Waals surface area contributed by atoms with Crippen molar-refractivity contribution in [1.82, 2.24) is 25.2 Å².